The Bertz CT molecular complexity index is 1080. The molecule has 160 valence electrons. The van der Waals surface area contributed by atoms with Gasteiger partial charge in [0.1, 0.15) is 6.54 Å². The number of carbonyl (C=O) groups is 5. The monoisotopic (exact) mass is 483 g/mol. The summed E-state index contributed by atoms with van der Waals surface area (Å²) in [4.78, 5) is 61.0. The molecule has 1 heterocycles. The third-order valence-electron chi connectivity index (χ3n) is 4.10. The summed E-state index contributed by atoms with van der Waals surface area (Å²) in [6.45, 7) is -1.48. The van der Waals surface area contributed by atoms with Gasteiger partial charge in [0.25, 0.3) is 23.6 Å². The van der Waals surface area contributed by atoms with Crippen molar-refractivity contribution in [2.45, 2.75) is 0 Å². The highest BCUT2D eigenvalue weighted by molar-refractivity contribution is 6.43. The Hall–Kier alpha value is -3.14. The zero-order valence-corrected chi connectivity index (χ0v) is 17.7. The van der Waals surface area contributed by atoms with Crippen LogP contribution in [0.2, 0.25) is 15.1 Å². The van der Waals surface area contributed by atoms with Crippen molar-refractivity contribution >= 4 is 64.4 Å². The smallest absolute Gasteiger partial charge is 0.326 e. The summed E-state index contributed by atoms with van der Waals surface area (Å²) in [7, 11) is 0. The number of fused-ring (bicyclic) bond motifs is 1. The van der Waals surface area contributed by atoms with Crippen LogP contribution in [0.4, 0.5) is 0 Å². The van der Waals surface area contributed by atoms with Crippen LogP contribution in [0.3, 0.4) is 0 Å². The number of ether oxygens (including phenoxy) is 1. The molecule has 0 fully saturated rings. The zero-order valence-electron chi connectivity index (χ0n) is 15.4. The van der Waals surface area contributed by atoms with Crippen LogP contribution >= 0.6 is 34.8 Å². The second-order valence-corrected chi connectivity index (χ2v) is 7.37. The summed E-state index contributed by atoms with van der Waals surface area (Å²) < 4.78 is 4.74. The third kappa shape index (κ3) is 4.96. The van der Waals surface area contributed by atoms with Gasteiger partial charge in [-0.1, -0.05) is 46.9 Å². The van der Waals surface area contributed by atoms with Gasteiger partial charge in [-0.3, -0.25) is 39.7 Å². The summed E-state index contributed by atoms with van der Waals surface area (Å²) in [5, 5.41) is 0.354. The van der Waals surface area contributed by atoms with Gasteiger partial charge in [-0.05, 0) is 24.3 Å². The van der Waals surface area contributed by atoms with Crippen molar-refractivity contribution in [2.24, 2.45) is 0 Å². The molecule has 0 radical (unpaired) electrons. The number of halogens is 3. The second kappa shape index (κ2) is 9.34. The maximum atomic E-state index is 12.3. The fraction of sp³-hybridized carbons (Fsp3) is 0.105. The molecule has 0 spiro atoms. The highest BCUT2D eigenvalue weighted by Gasteiger charge is 2.37. The first-order chi connectivity index (χ1) is 14.7. The van der Waals surface area contributed by atoms with Crippen molar-refractivity contribution in [2.75, 3.05) is 13.2 Å². The van der Waals surface area contributed by atoms with Crippen LogP contribution in [0, 0.1) is 0 Å². The topological polar surface area (TPSA) is 122 Å². The lowest BCUT2D eigenvalue weighted by molar-refractivity contribution is -0.148. The molecule has 1 aliphatic rings. The van der Waals surface area contributed by atoms with Crippen LogP contribution in [0.5, 0.6) is 0 Å². The quantitative estimate of drug-likeness (QED) is 0.381. The van der Waals surface area contributed by atoms with Gasteiger partial charge in [0.2, 0.25) is 0 Å². The van der Waals surface area contributed by atoms with Gasteiger partial charge in [-0.2, -0.15) is 0 Å². The number of esters is 1. The molecule has 2 N–H and O–H groups in total. The first kappa shape index (κ1) is 22.5. The molecule has 2 aromatic rings. The minimum Gasteiger partial charge on any atom is -0.454 e. The zero-order chi connectivity index (χ0) is 22.7. The number of hydrogen-bond acceptors (Lipinski definition) is 6. The van der Waals surface area contributed by atoms with E-state index in [4.69, 9.17) is 39.5 Å². The lowest BCUT2D eigenvalue weighted by Gasteiger charge is -2.13. The highest BCUT2D eigenvalue weighted by atomic mass is 35.5. The van der Waals surface area contributed by atoms with Crippen molar-refractivity contribution < 1.29 is 28.7 Å². The van der Waals surface area contributed by atoms with E-state index < -0.39 is 42.7 Å². The van der Waals surface area contributed by atoms with Crippen LogP contribution < -0.4 is 10.9 Å². The molecule has 0 saturated heterocycles. The van der Waals surface area contributed by atoms with Crippen LogP contribution in [0.25, 0.3) is 0 Å². The third-order valence-corrected chi connectivity index (χ3v) is 5.15. The average molecular weight is 485 g/mol. The maximum absolute atomic E-state index is 12.3. The van der Waals surface area contributed by atoms with Gasteiger partial charge in [-0.15, -0.1) is 0 Å². The number of hydrazine groups is 1. The van der Waals surface area contributed by atoms with E-state index in [1.54, 1.807) is 12.1 Å². The van der Waals surface area contributed by atoms with E-state index in [-0.39, 0.29) is 31.8 Å². The standard InChI is InChI=1S/C19H12Cl3N3O6/c20-12-4-2-1-3-9(12)17(28)24-23-15(26)8-31-16(27)7-25-18(29)10-5-13(21)14(22)6-11(10)19(25)30/h1-6H,7-8H2,(H,23,26)(H,24,28). The number of nitrogens with one attached hydrogen (secondary N) is 2. The van der Waals surface area contributed by atoms with Crippen molar-refractivity contribution in [1.82, 2.24) is 15.8 Å². The first-order valence-electron chi connectivity index (χ1n) is 8.53. The molecule has 9 nitrogen and oxygen atoms in total. The van der Waals surface area contributed by atoms with E-state index in [0.717, 1.165) is 0 Å². The predicted molar refractivity (Wildman–Crippen MR) is 110 cm³/mol. The van der Waals surface area contributed by atoms with E-state index in [1.165, 1.54) is 24.3 Å². The second-order valence-electron chi connectivity index (χ2n) is 6.15. The number of carbonyl (C=O) groups excluding carboxylic acids is 5. The lowest BCUT2D eigenvalue weighted by Crippen LogP contribution is -2.44. The summed E-state index contributed by atoms with van der Waals surface area (Å²) in [6.07, 6.45) is 0. The number of hydrogen-bond donors (Lipinski definition) is 2. The largest absolute Gasteiger partial charge is 0.454 e. The molecule has 0 unspecified atom stereocenters. The van der Waals surface area contributed by atoms with Crippen LogP contribution in [0.1, 0.15) is 31.1 Å². The molecule has 0 atom stereocenters. The Balaban J connectivity index is 1.50. The molecular weight excluding hydrogens is 473 g/mol. The van der Waals surface area contributed by atoms with Crippen LogP contribution in [-0.4, -0.2) is 47.6 Å². The van der Waals surface area contributed by atoms with Gasteiger partial charge in [-0.25, -0.2) is 0 Å². The highest BCUT2D eigenvalue weighted by Crippen LogP contribution is 2.31. The molecule has 4 amide bonds. The Morgan fingerprint density at radius 1 is 0.871 bits per heavy atom. The number of amides is 4. The van der Waals surface area contributed by atoms with E-state index in [2.05, 4.69) is 10.9 Å². The first-order valence-corrected chi connectivity index (χ1v) is 9.67. The summed E-state index contributed by atoms with van der Waals surface area (Å²) in [5.74, 6) is -4.03. The molecule has 31 heavy (non-hydrogen) atoms. The molecular formula is C19H12Cl3N3O6. The summed E-state index contributed by atoms with van der Waals surface area (Å²) in [6, 6.07) is 8.65. The van der Waals surface area contributed by atoms with E-state index in [9.17, 15) is 24.0 Å². The molecule has 0 saturated carbocycles. The van der Waals surface area contributed by atoms with Crippen molar-refractivity contribution in [3.8, 4) is 0 Å². The number of benzene rings is 2. The Labute approximate surface area is 190 Å². The molecule has 0 bridgehead atoms. The maximum Gasteiger partial charge on any atom is 0.326 e. The molecule has 2 aromatic carbocycles. The van der Waals surface area contributed by atoms with Gasteiger partial charge in [0.15, 0.2) is 6.61 Å². The van der Waals surface area contributed by atoms with Crippen LogP contribution in [-0.2, 0) is 14.3 Å². The molecule has 0 aliphatic carbocycles. The molecule has 0 aromatic heterocycles. The number of imide groups is 1. The van der Waals surface area contributed by atoms with Crippen molar-refractivity contribution in [3.63, 3.8) is 0 Å². The summed E-state index contributed by atoms with van der Waals surface area (Å²) in [5.41, 5.74) is 4.31. The minimum atomic E-state index is -1.01. The number of rotatable bonds is 5. The SMILES string of the molecule is O=C(COC(=O)CN1C(=O)c2cc(Cl)c(Cl)cc2C1=O)NNC(=O)c1ccccc1Cl. The molecule has 12 heteroatoms. The predicted octanol–water partition coefficient (Wildman–Crippen LogP) is 2.25. The molecule has 3 rings (SSSR count). The van der Waals surface area contributed by atoms with Gasteiger partial charge in [0.05, 0.1) is 31.8 Å². The van der Waals surface area contributed by atoms with E-state index in [0.29, 0.717) is 4.90 Å². The fourth-order valence-electron chi connectivity index (χ4n) is 2.62. The Morgan fingerprint density at radius 2 is 1.45 bits per heavy atom. The fourth-order valence-corrected chi connectivity index (χ4v) is 3.17. The Kier molecular flexibility index (Phi) is 6.79. The minimum absolute atomic E-state index is 0.00669. The van der Waals surface area contributed by atoms with E-state index in [1.807, 2.05) is 0 Å². The van der Waals surface area contributed by atoms with Crippen molar-refractivity contribution in [1.29, 1.82) is 0 Å². The lowest BCUT2D eigenvalue weighted by atomic mass is 10.1. The van der Waals surface area contributed by atoms with E-state index >= 15 is 0 Å². The average Bonchev–Trinajstić information content (AvgIpc) is 2.95. The summed E-state index contributed by atoms with van der Waals surface area (Å²) >= 11 is 17.6. The Morgan fingerprint density at radius 3 is 2.03 bits per heavy atom. The van der Waals surface area contributed by atoms with Gasteiger partial charge in [0, 0.05) is 0 Å². The number of nitrogens with zero attached hydrogens (tertiary/aromatic N) is 1. The van der Waals surface area contributed by atoms with Gasteiger partial charge < -0.3 is 4.74 Å². The van der Waals surface area contributed by atoms with Gasteiger partial charge >= 0.3 is 5.97 Å². The van der Waals surface area contributed by atoms with Crippen LogP contribution in [0.15, 0.2) is 36.4 Å². The molecule has 1 aliphatic heterocycles. The van der Waals surface area contributed by atoms with Crippen molar-refractivity contribution in [3.05, 3.63) is 68.2 Å². The normalized spacial score (nSPS) is 12.4.